The standard InChI is InChI=1S/C35H46O6/c1-4-7-8-9-10-11-12-25-13-15-26(16-14-25)27-17-19-28(20-18-27)29-21-23-30(24-22-29)35-40-31(33(36)38-5-2)32(41-35)34(37)39-6-3/h4,17-26,31-32,35H,1,5-16H2,2-3H3/t25-,26-,31-,32-/m1/s1. The Hall–Kier alpha value is -2.96. The van der Waals surface area contributed by atoms with Gasteiger partial charge in [-0.25, -0.2) is 9.59 Å². The van der Waals surface area contributed by atoms with Crippen molar-refractivity contribution in [3.05, 3.63) is 72.3 Å². The molecule has 0 amide bonds. The van der Waals surface area contributed by atoms with E-state index in [2.05, 4.69) is 30.8 Å². The van der Waals surface area contributed by atoms with Crippen molar-refractivity contribution in [1.82, 2.24) is 0 Å². The Bertz CT molecular complexity index is 1070. The molecule has 41 heavy (non-hydrogen) atoms. The van der Waals surface area contributed by atoms with E-state index < -0.39 is 30.4 Å². The van der Waals surface area contributed by atoms with Gasteiger partial charge >= 0.3 is 11.9 Å². The highest BCUT2D eigenvalue weighted by molar-refractivity contribution is 5.86. The van der Waals surface area contributed by atoms with Crippen molar-refractivity contribution in [1.29, 1.82) is 0 Å². The topological polar surface area (TPSA) is 71.1 Å². The predicted molar refractivity (Wildman–Crippen MR) is 160 cm³/mol. The number of rotatable bonds is 14. The fourth-order valence-electron chi connectivity index (χ4n) is 6.05. The maximum Gasteiger partial charge on any atom is 0.338 e. The van der Waals surface area contributed by atoms with E-state index in [4.69, 9.17) is 18.9 Å². The summed E-state index contributed by atoms with van der Waals surface area (Å²) in [5.41, 5.74) is 4.39. The molecular formula is C35H46O6. The lowest BCUT2D eigenvalue weighted by Gasteiger charge is -2.29. The first-order chi connectivity index (χ1) is 20.0. The van der Waals surface area contributed by atoms with Crippen LogP contribution in [-0.2, 0) is 28.5 Å². The molecule has 2 fully saturated rings. The number of hydrogen-bond acceptors (Lipinski definition) is 6. The summed E-state index contributed by atoms with van der Waals surface area (Å²) in [4.78, 5) is 24.8. The molecule has 0 bridgehead atoms. The van der Waals surface area contributed by atoms with Gasteiger partial charge in [-0.1, -0.05) is 80.3 Å². The highest BCUT2D eigenvalue weighted by Crippen LogP contribution is 2.39. The number of allylic oxidation sites excluding steroid dienone is 1. The Balaban J connectivity index is 1.29. The van der Waals surface area contributed by atoms with Crippen molar-refractivity contribution in [3.8, 4) is 11.1 Å². The van der Waals surface area contributed by atoms with Gasteiger partial charge in [0.15, 0.2) is 18.5 Å². The van der Waals surface area contributed by atoms with Crippen LogP contribution in [0.4, 0.5) is 0 Å². The third-order valence-electron chi connectivity index (χ3n) is 8.37. The number of benzene rings is 2. The monoisotopic (exact) mass is 562 g/mol. The maximum atomic E-state index is 12.4. The highest BCUT2D eigenvalue weighted by atomic mass is 16.8. The summed E-state index contributed by atoms with van der Waals surface area (Å²) in [6.07, 6.45) is 12.0. The predicted octanol–water partition coefficient (Wildman–Crippen LogP) is 8.06. The number of ether oxygens (including phenoxy) is 4. The van der Waals surface area contributed by atoms with Gasteiger partial charge in [-0.15, -0.1) is 6.58 Å². The van der Waals surface area contributed by atoms with E-state index in [0.29, 0.717) is 5.92 Å². The van der Waals surface area contributed by atoms with E-state index in [1.54, 1.807) is 13.8 Å². The van der Waals surface area contributed by atoms with Crippen molar-refractivity contribution in [2.24, 2.45) is 5.92 Å². The number of hydrogen-bond donors (Lipinski definition) is 0. The smallest absolute Gasteiger partial charge is 0.338 e. The summed E-state index contributed by atoms with van der Waals surface area (Å²) in [5, 5.41) is 0. The van der Waals surface area contributed by atoms with Crippen molar-refractivity contribution in [2.75, 3.05) is 13.2 Å². The average molecular weight is 563 g/mol. The Kier molecular flexibility index (Phi) is 12.0. The summed E-state index contributed by atoms with van der Waals surface area (Å²) in [6, 6.07) is 16.8. The zero-order valence-electron chi connectivity index (χ0n) is 24.7. The van der Waals surface area contributed by atoms with E-state index >= 15 is 0 Å². The van der Waals surface area contributed by atoms with Gasteiger partial charge in [0.05, 0.1) is 13.2 Å². The van der Waals surface area contributed by atoms with E-state index in [9.17, 15) is 9.59 Å². The second-order valence-electron chi connectivity index (χ2n) is 11.2. The molecule has 0 unspecified atom stereocenters. The van der Waals surface area contributed by atoms with Gasteiger partial charge in [0, 0.05) is 5.56 Å². The molecule has 2 atom stereocenters. The van der Waals surface area contributed by atoms with Crippen molar-refractivity contribution in [2.45, 2.75) is 102 Å². The highest BCUT2D eigenvalue weighted by Gasteiger charge is 2.47. The zero-order valence-corrected chi connectivity index (χ0v) is 24.7. The van der Waals surface area contributed by atoms with Crippen LogP contribution in [0.1, 0.15) is 101 Å². The molecule has 6 heteroatoms. The van der Waals surface area contributed by atoms with Gasteiger partial charge in [0.1, 0.15) is 0 Å². The van der Waals surface area contributed by atoms with Gasteiger partial charge < -0.3 is 18.9 Å². The Morgan fingerprint density at radius 1 is 0.756 bits per heavy atom. The van der Waals surface area contributed by atoms with Crippen LogP contribution in [0.25, 0.3) is 11.1 Å². The molecule has 1 saturated heterocycles. The maximum absolute atomic E-state index is 12.4. The van der Waals surface area contributed by atoms with Gasteiger partial charge in [-0.05, 0) is 80.9 Å². The minimum absolute atomic E-state index is 0.185. The Labute approximate surface area is 245 Å². The third-order valence-corrected chi connectivity index (χ3v) is 8.37. The SMILES string of the molecule is C=CCCCCCC[C@H]1CC[C@H](c2ccc(-c3ccc(C4O[C@@H](C(=O)OCC)[C@H](C(=O)OCC)O4)cc3)cc2)CC1. The van der Waals surface area contributed by atoms with E-state index in [-0.39, 0.29) is 13.2 Å². The van der Waals surface area contributed by atoms with Gasteiger partial charge in [0.2, 0.25) is 0 Å². The molecule has 2 aromatic carbocycles. The van der Waals surface area contributed by atoms with Crippen LogP contribution in [0.15, 0.2) is 61.2 Å². The molecule has 1 aliphatic heterocycles. The lowest BCUT2D eigenvalue weighted by Crippen LogP contribution is -2.39. The fourth-order valence-corrected chi connectivity index (χ4v) is 6.05. The minimum Gasteiger partial charge on any atom is -0.464 e. The van der Waals surface area contributed by atoms with Crippen molar-refractivity contribution < 1.29 is 28.5 Å². The number of carbonyl (C=O) groups is 2. The van der Waals surface area contributed by atoms with E-state index in [1.807, 2.05) is 30.3 Å². The average Bonchev–Trinajstić information content (AvgIpc) is 3.46. The second-order valence-corrected chi connectivity index (χ2v) is 11.2. The lowest BCUT2D eigenvalue weighted by atomic mass is 9.77. The van der Waals surface area contributed by atoms with Crippen LogP contribution in [0.2, 0.25) is 0 Å². The number of esters is 2. The summed E-state index contributed by atoms with van der Waals surface area (Å²) < 4.78 is 21.8. The molecule has 222 valence electrons. The van der Waals surface area contributed by atoms with Crippen molar-refractivity contribution >= 4 is 11.9 Å². The Morgan fingerprint density at radius 3 is 1.78 bits per heavy atom. The first kappa shape index (κ1) is 31.0. The summed E-state index contributed by atoms with van der Waals surface area (Å²) in [5.74, 6) is 0.296. The second kappa shape index (κ2) is 15.9. The fraction of sp³-hybridized carbons (Fsp3) is 0.543. The Morgan fingerprint density at radius 2 is 1.27 bits per heavy atom. The third kappa shape index (κ3) is 8.52. The lowest BCUT2D eigenvalue weighted by molar-refractivity contribution is -0.163. The molecule has 2 aliphatic rings. The molecule has 0 aromatic heterocycles. The number of unbranched alkanes of at least 4 members (excludes halogenated alkanes) is 4. The molecule has 2 aromatic rings. The van der Waals surface area contributed by atoms with Gasteiger partial charge in [-0.3, -0.25) is 0 Å². The van der Waals surface area contributed by atoms with Crippen LogP contribution in [0.3, 0.4) is 0 Å². The van der Waals surface area contributed by atoms with Crippen LogP contribution < -0.4 is 0 Å². The number of carbonyl (C=O) groups excluding carboxylic acids is 2. The van der Waals surface area contributed by atoms with E-state index in [0.717, 1.165) is 29.0 Å². The molecule has 1 heterocycles. The summed E-state index contributed by atoms with van der Waals surface area (Å²) >= 11 is 0. The van der Waals surface area contributed by atoms with Crippen molar-refractivity contribution in [3.63, 3.8) is 0 Å². The van der Waals surface area contributed by atoms with Crippen LogP contribution in [-0.4, -0.2) is 37.4 Å². The van der Waals surface area contributed by atoms with Crippen LogP contribution in [0.5, 0.6) is 0 Å². The summed E-state index contributed by atoms with van der Waals surface area (Å²) in [6.45, 7) is 7.59. The minimum atomic E-state index is -1.16. The normalized spacial score (nSPS) is 22.8. The molecular weight excluding hydrogens is 516 g/mol. The molecule has 4 rings (SSSR count). The molecule has 6 nitrogen and oxygen atoms in total. The first-order valence-electron chi connectivity index (χ1n) is 15.5. The molecule has 0 radical (unpaired) electrons. The van der Waals surface area contributed by atoms with E-state index in [1.165, 1.54) is 63.4 Å². The van der Waals surface area contributed by atoms with Gasteiger partial charge in [0.25, 0.3) is 0 Å². The van der Waals surface area contributed by atoms with Gasteiger partial charge in [-0.2, -0.15) is 0 Å². The van der Waals surface area contributed by atoms with Crippen LogP contribution in [0, 0.1) is 5.92 Å². The molecule has 0 spiro atoms. The largest absolute Gasteiger partial charge is 0.464 e. The zero-order chi connectivity index (χ0) is 29.0. The van der Waals surface area contributed by atoms with Crippen LogP contribution >= 0.6 is 0 Å². The quantitative estimate of drug-likeness (QED) is 0.132. The molecule has 0 N–H and O–H groups in total. The molecule has 1 saturated carbocycles. The summed E-state index contributed by atoms with van der Waals surface area (Å²) in [7, 11) is 0. The first-order valence-corrected chi connectivity index (χ1v) is 15.5. The molecule has 1 aliphatic carbocycles.